The quantitative estimate of drug-likeness (QED) is 0.583. The zero-order valence-electron chi connectivity index (χ0n) is 16.2. The third-order valence-corrected chi connectivity index (χ3v) is 9.83. The number of H-pyrrole nitrogens is 1. The van der Waals surface area contributed by atoms with E-state index in [1.54, 1.807) is 23.0 Å². The number of nitrogens with one attached hydrogen (secondary N) is 1. The van der Waals surface area contributed by atoms with Crippen LogP contribution in [0.2, 0.25) is 0 Å². The fraction of sp³-hybridized carbons (Fsp3) is 0.429. The minimum absolute atomic E-state index is 0.0778. The van der Waals surface area contributed by atoms with Crippen LogP contribution in [0.15, 0.2) is 52.0 Å². The van der Waals surface area contributed by atoms with E-state index in [0.29, 0.717) is 17.6 Å². The number of sulfone groups is 1. The number of nitrogens with zero attached hydrogens (tertiary/aromatic N) is 3. The van der Waals surface area contributed by atoms with Gasteiger partial charge in [0.1, 0.15) is 4.75 Å². The summed E-state index contributed by atoms with van der Waals surface area (Å²) in [7, 11) is -3.77. The average Bonchev–Trinajstić information content (AvgIpc) is 3.37. The maximum absolute atomic E-state index is 14.3. The van der Waals surface area contributed by atoms with Crippen molar-refractivity contribution in [2.45, 2.75) is 55.4 Å². The zero-order valence-corrected chi connectivity index (χ0v) is 18.6. The molecule has 1 N–H and O–H groups in total. The van der Waals surface area contributed by atoms with E-state index in [1.165, 1.54) is 6.42 Å². The van der Waals surface area contributed by atoms with Crippen molar-refractivity contribution >= 4 is 42.4 Å². The molecule has 6 nitrogen and oxygen atoms in total. The molecule has 152 valence electrons. The summed E-state index contributed by atoms with van der Waals surface area (Å²) in [6.45, 7) is 2.01. The summed E-state index contributed by atoms with van der Waals surface area (Å²) >= 11 is 3.66. The van der Waals surface area contributed by atoms with E-state index in [2.05, 4.69) is 30.9 Å². The molecule has 1 atom stereocenters. The molecular formula is C21H23BrN4O2S. The Labute approximate surface area is 178 Å². The van der Waals surface area contributed by atoms with Crippen molar-refractivity contribution < 1.29 is 8.42 Å². The molecule has 0 saturated heterocycles. The Kier molecular flexibility index (Phi) is 4.47. The summed E-state index contributed by atoms with van der Waals surface area (Å²) in [5.41, 5.74) is 3.13. The number of rotatable bonds is 3. The Balaban J connectivity index is 1.75. The van der Waals surface area contributed by atoms with Gasteiger partial charge in [-0.25, -0.2) is 18.4 Å². The van der Waals surface area contributed by atoms with Gasteiger partial charge in [0.2, 0.25) is 15.0 Å². The lowest BCUT2D eigenvalue weighted by molar-refractivity contribution is 0.296. The van der Waals surface area contributed by atoms with Crippen LogP contribution in [0, 0.1) is 5.92 Å². The second-order valence-electron chi connectivity index (χ2n) is 8.16. The molecule has 3 heterocycles. The molecule has 0 bridgehead atoms. The summed E-state index contributed by atoms with van der Waals surface area (Å²) in [5, 5.41) is 0.106. The number of allylic oxidation sites excluding steroid dienone is 3. The van der Waals surface area contributed by atoms with Crippen LogP contribution in [0.25, 0.3) is 16.7 Å². The number of aromatic amines is 1. The van der Waals surface area contributed by atoms with Gasteiger partial charge in [-0.3, -0.25) is 4.40 Å². The van der Waals surface area contributed by atoms with Gasteiger partial charge in [0.15, 0.2) is 5.65 Å². The first-order valence-corrected chi connectivity index (χ1v) is 12.3. The SMILES string of the molecule is CC1=C(Br)CC(C2CCCCC2)(S(=O)(=O)c2ncc3cnc4[nH]ccc4n23)C=C1. The maximum atomic E-state index is 14.3. The van der Waals surface area contributed by atoms with Gasteiger partial charge in [-0.1, -0.05) is 47.3 Å². The average molecular weight is 475 g/mol. The van der Waals surface area contributed by atoms with Crippen molar-refractivity contribution in [1.82, 2.24) is 19.4 Å². The molecule has 0 aliphatic heterocycles. The molecule has 1 fully saturated rings. The van der Waals surface area contributed by atoms with Gasteiger partial charge in [0.05, 0.1) is 23.4 Å². The first-order chi connectivity index (χ1) is 13.9. The van der Waals surface area contributed by atoms with Gasteiger partial charge in [-0.05, 0) is 41.8 Å². The van der Waals surface area contributed by atoms with Crippen LogP contribution in [-0.4, -0.2) is 32.5 Å². The number of fused-ring (bicyclic) bond motifs is 3. The van der Waals surface area contributed by atoms with Gasteiger partial charge in [0, 0.05) is 12.6 Å². The Hall–Kier alpha value is -1.93. The highest BCUT2D eigenvalue weighted by atomic mass is 79.9. The Bertz CT molecular complexity index is 1260. The molecule has 0 aromatic carbocycles. The van der Waals surface area contributed by atoms with Crippen LogP contribution in [0.5, 0.6) is 0 Å². The van der Waals surface area contributed by atoms with Crippen molar-refractivity contribution in [1.29, 1.82) is 0 Å². The largest absolute Gasteiger partial charge is 0.345 e. The summed E-state index contributed by atoms with van der Waals surface area (Å²) in [4.78, 5) is 11.8. The maximum Gasteiger partial charge on any atom is 0.233 e. The lowest BCUT2D eigenvalue weighted by Gasteiger charge is -2.41. The number of imidazole rings is 1. The van der Waals surface area contributed by atoms with Gasteiger partial charge < -0.3 is 4.98 Å². The predicted octanol–water partition coefficient (Wildman–Crippen LogP) is 4.93. The minimum atomic E-state index is -3.77. The Morgan fingerprint density at radius 1 is 1.21 bits per heavy atom. The first-order valence-electron chi connectivity index (χ1n) is 10.0. The van der Waals surface area contributed by atoms with Crippen molar-refractivity contribution in [2.75, 3.05) is 0 Å². The fourth-order valence-electron chi connectivity index (χ4n) is 4.88. The van der Waals surface area contributed by atoms with Crippen molar-refractivity contribution in [2.24, 2.45) is 5.92 Å². The lowest BCUT2D eigenvalue weighted by Crippen LogP contribution is -2.46. The third-order valence-electron chi connectivity index (χ3n) is 6.54. The second-order valence-corrected chi connectivity index (χ2v) is 11.3. The van der Waals surface area contributed by atoms with E-state index in [1.807, 2.05) is 25.1 Å². The van der Waals surface area contributed by atoms with Crippen LogP contribution in [0.3, 0.4) is 0 Å². The Morgan fingerprint density at radius 2 is 1.97 bits per heavy atom. The fourth-order valence-corrected chi connectivity index (χ4v) is 7.89. The summed E-state index contributed by atoms with van der Waals surface area (Å²) in [6.07, 6.45) is 14.6. The van der Waals surface area contributed by atoms with E-state index < -0.39 is 14.6 Å². The van der Waals surface area contributed by atoms with Crippen LogP contribution in [-0.2, 0) is 9.84 Å². The van der Waals surface area contributed by atoms with Gasteiger partial charge in [-0.2, -0.15) is 0 Å². The molecule has 1 unspecified atom stereocenters. The van der Waals surface area contributed by atoms with E-state index in [0.717, 1.165) is 41.3 Å². The van der Waals surface area contributed by atoms with E-state index in [4.69, 9.17) is 0 Å². The van der Waals surface area contributed by atoms with E-state index in [9.17, 15) is 8.42 Å². The monoisotopic (exact) mass is 474 g/mol. The summed E-state index contributed by atoms with van der Waals surface area (Å²) < 4.78 is 30.3. The van der Waals surface area contributed by atoms with Crippen molar-refractivity contribution in [3.8, 4) is 0 Å². The standard InChI is InChI=1S/C21H23BrN4O2S/c1-14-7-9-21(11-17(14)22,15-5-3-2-4-6-15)29(27,28)20-25-13-16-12-24-19-18(26(16)20)8-10-23-19/h7-10,12-13,15,23H,2-6,11H2,1H3. The number of hydrogen-bond donors (Lipinski definition) is 1. The molecular weight excluding hydrogens is 452 g/mol. The smallest absolute Gasteiger partial charge is 0.233 e. The Morgan fingerprint density at radius 3 is 2.72 bits per heavy atom. The lowest BCUT2D eigenvalue weighted by atomic mass is 9.76. The topological polar surface area (TPSA) is 80.1 Å². The van der Waals surface area contributed by atoms with Gasteiger partial charge in [-0.15, -0.1) is 0 Å². The molecule has 2 aliphatic carbocycles. The molecule has 8 heteroatoms. The molecule has 3 aromatic rings. The molecule has 3 aromatic heterocycles. The normalized spacial score (nSPS) is 24.1. The number of halogens is 1. The van der Waals surface area contributed by atoms with Crippen LogP contribution >= 0.6 is 15.9 Å². The predicted molar refractivity (Wildman–Crippen MR) is 117 cm³/mol. The van der Waals surface area contributed by atoms with Gasteiger partial charge in [0.25, 0.3) is 0 Å². The second kappa shape index (κ2) is 6.80. The molecule has 5 rings (SSSR count). The number of aromatic nitrogens is 4. The zero-order chi connectivity index (χ0) is 20.2. The van der Waals surface area contributed by atoms with Crippen LogP contribution < -0.4 is 0 Å². The highest BCUT2D eigenvalue weighted by molar-refractivity contribution is 9.11. The van der Waals surface area contributed by atoms with Crippen molar-refractivity contribution in [3.05, 3.63) is 46.9 Å². The van der Waals surface area contributed by atoms with Crippen molar-refractivity contribution in [3.63, 3.8) is 0 Å². The summed E-state index contributed by atoms with van der Waals surface area (Å²) in [5.74, 6) is 0.0778. The molecule has 2 aliphatic rings. The van der Waals surface area contributed by atoms with E-state index >= 15 is 0 Å². The molecule has 0 amide bonds. The molecule has 1 saturated carbocycles. The highest BCUT2D eigenvalue weighted by Gasteiger charge is 2.52. The minimum Gasteiger partial charge on any atom is -0.345 e. The van der Waals surface area contributed by atoms with Crippen LogP contribution in [0.4, 0.5) is 0 Å². The highest BCUT2D eigenvalue weighted by Crippen LogP contribution is 2.48. The molecule has 29 heavy (non-hydrogen) atoms. The third kappa shape index (κ3) is 2.75. The first kappa shape index (κ1) is 19.1. The summed E-state index contributed by atoms with van der Waals surface area (Å²) in [6, 6.07) is 1.85. The number of hydrogen-bond acceptors (Lipinski definition) is 4. The van der Waals surface area contributed by atoms with Gasteiger partial charge >= 0.3 is 0 Å². The molecule has 0 spiro atoms. The van der Waals surface area contributed by atoms with Crippen LogP contribution in [0.1, 0.15) is 45.4 Å². The molecule has 0 radical (unpaired) electrons. The van der Waals surface area contributed by atoms with E-state index in [-0.39, 0.29) is 11.1 Å².